The van der Waals surface area contributed by atoms with Crippen molar-refractivity contribution in [2.45, 2.75) is 6.92 Å². The summed E-state index contributed by atoms with van der Waals surface area (Å²) in [4.78, 5) is 27.5. The maximum absolute atomic E-state index is 12.1. The molecule has 0 spiro atoms. The van der Waals surface area contributed by atoms with Crippen LogP contribution in [0.4, 0.5) is 5.69 Å². The minimum absolute atomic E-state index is 0.260. The van der Waals surface area contributed by atoms with E-state index in [9.17, 15) is 9.59 Å². The maximum atomic E-state index is 12.1. The zero-order chi connectivity index (χ0) is 15.4. The summed E-state index contributed by atoms with van der Waals surface area (Å²) in [5.41, 5.74) is 2.31. The van der Waals surface area contributed by atoms with Crippen molar-refractivity contribution < 1.29 is 14.3 Å². The van der Waals surface area contributed by atoms with Crippen molar-refractivity contribution in [1.29, 1.82) is 0 Å². The molecule has 108 valence electrons. The second-order valence-corrected chi connectivity index (χ2v) is 5.16. The van der Waals surface area contributed by atoms with Crippen LogP contribution >= 0.6 is 15.9 Å². The van der Waals surface area contributed by atoms with E-state index in [1.54, 1.807) is 30.3 Å². The number of hydrogen-bond donors (Lipinski definition) is 1. The molecule has 1 N–H and O–H groups in total. The molecule has 1 amide bonds. The zero-order valence-electron chi connectivity index (χ0n) is 11.5. The molecule has 0 aliphatic heterocycles. The predicted octanol–water partition coefficient (Wildman–Crippen LogP) is 3.19. The average Bonchev–Trinajstić information content (AvgIpc) is 2.49. The molecule has 1 heterocycles. The topological polar surface area (TPSA) is 68.3 Å². The molecular weight excluding hydrogens is 336 g/mol. The van der Waals surface area contributed by atoms with Crippen LogP contribution in [-0.4, -0.2) is 24.0 Å². The van der Waals surface area contributed by atoms with E-state index in [-0.39, 0.29) is 5.91 Å². The van der Waals surface area contributed by atoms with Crippen LogP contribution in [0.2, 0.25) is 0 Å². The lowest BCUT2D eigenvalue weighted by Crippen LogP contribution is -2.13. The number of carbonyl (C=O) groups is 2. The number of amides is 1. The lowest BCUT2D eigenvalue weighted by molar-refractivity contribution is 0.0600. The fourth-order valence-electron chi connectivity index (χ4n) is 1.75. The van der Waals surface area contributed by atoms with Crippen LogP contribution in [0.25, 0.3) is 0 Å². The Labute approximate surface area is 130 Å². The first-order chi connectivity index (χ1) is 10.0. The lowest BCUT2D eigenvalue weighted by Gasteiger charge is -2.09. The van der Waals surface area contributed by atoms with Gasteiger partial charge in [0.15, 0.2) is 0 Å². The van der Waals surface area contributed by atoms with Crippen molar-refractivity contribution in [3.05, 3.63) is 57.8 Å². The summed E-state index contributed by atoms with van der Waals surface area (Å²) in [7, 11) is 1.33. The number of pyridine rings is 1. The Bertz CT molecular complexity index is 684. The molecule has 1 aromatic carbocycles. The maximum Gasteiger partial charge on any atom is 0.337 e. The first-order valence-corrected chi connectivity index (χ1v) is 6.92. The Balaban J connectivity index is 2.18. The fourth-order valence-corrected chi connectivity index (χ4v) is 1.99. The van der Waals surface area contributed by atoms with E-state index in [2.05, 4.69) is 31.0 Å². The normalized spacial score (nSPS) is 10.0. The summed E-state index contributed by atoms with van der Waals surface area (Å²) in [6.45, 7) is 1.81. The van der Waals surface area contributed by atoms with E-state index >= 15 is 0 Å². The van der Waals surface area contributed by atoms with Crippen molar-refractivity contribution in [3.8, 4) is 0 Å². The highest BCUT2D eigenvalue weighted by Crippen LogP contribution is 2.18. The molecule has 0 saturated carbocycles. The highest BCUT2D eigenvalue weighted by atomic mass is 79.9. The van der Waals surface area contributed by atoms with E-state index in [4.69, 9.17) is 0 Å². The second-order valence-electron chi connectivity index (χ2n) is 4.35. The van der Waals surface area contributed by atoms with Crippen molar-refractivity contribution >= 4 is 33.5 Å². The number of nitrogens with one attached hydrogen (secondary N) is 1. The van der Waals surface area contributed by atoms with Gasteiger partial charge in [-0.15, -0.1) is 0 Å². The molecule has 0 saturated heterocycles. The molecule has 0 unspecified atom stereocenters. The summed E-state index contributed by atoms with van der Waals surface area (Å²) in [5, 5.41) is 2.78. The van der Waals surface area contributed by atoms with Crippen LogP contribution in [0, 0.1) is 6.92 Å². The Hall–Kier alpha value is -2.21. The third kappa shape index (κ3) is 3.66. The molecule has 1 aromatic heterocycles. The van der Waals surface area contributed by atoms with E-state index < -0.39 is 5.97 Å². The van der Waals surface area contributed by atoms with Crippen molar-refractivity contribution in [2.24, 2.45) is 0 Å². The number of benzene rings is 1. The van der Waals surface area contributed by atoms with Crippen molar-refractivity contribution in [2.75, 3.05) is 12.4 Å². The third-order valence-corrected chi connectivity index (χ3v) is 3.35. The monoisotopic (exact) mass is 348 g/mol. The molecular formula is C15H13BrN2O3. The number of rotatable bonds is 3. The Morgan fingerprint density at radius 3 is 2.48 bits per heavy atom. The van der Waals surface area contributed by atoms with Crippen LogP contribution in [0.15, 0.2) is 41.1 Å². The van der Waals surface area contributed by atoms with Crippen molar-refractivity contribution in [3.63, 3.8) is 0 Å². The lowest BCUT2D eigenvalue weighted by atomic mass is 10.1. The number of methoxy groups -OCH3 is 1. The standard InChI is InChI=1S/C15H13BrN2O3/c1-9-7-10(15(20)21-2)3-5-12(9)18-14(19)11-4-6-13(16)17-8-11/h3-8H,1-2H3,(H,18,19). The second kappa shape index (κ2) is 6.49. The largest absolute Gasteiger partial charge is 0.465 e. The Morgan fingerprint density at radius 2 is 1.90 bits per heavy atom. The fraction of sp³-hybridized carbons (Fsp3) is 0.133. The highest BCUT2D eigenvalue weighted by molar-refractivity contribution is 9.10. The smallest absolute Gasteiger partial charge is 0.337 e. The highest BCUT2D eigenvalue weighted by Gasteiger charge is 2.11. The molecule has 2 aromatic rings. The first kappa shape index (κ1) is 15.2. The van der Waals surface area contributed by atoms with Crippen LogP contribution in [0.3, 0.4) is 0 Å². The first-order valence-electron chi connectivity index (χ1n) is 6.13. The van der Waals surface area contributed by atoms with Crippen LogP contribution in [0.5, 0.6) is 0 Å². The van der Waals surface area contributed by atoms with Gasteiger partial charge < -0.3 is 10.1 Å². The molecule has 0 fully saturated rings. The van der Waals surface area contributed by atoms with Crippen LogP contribution < -0.4 is 5.32 Å². The number of ether oxygens (including phenoxy) is 1. The van der Waals surface area contributed by atoms with Crippen molar-refractivity contribution in [1.82, 2.24) is 4.98 Å². The average molecular weight is 349 g/mol. The quantitative estimate of drug-likeness (QED) is 0.683. The molecule has 0 bridgehead atoms. The van der Waals surface area contributed by atoms with Gasteiger partial charge in [0.2, 0.25) is 0 Å². The van der Waals surface area contributed by atoms with Gasteiger partial charge in [-0.1, -0.05) is 0 Å². The van der Waals surface area contributed by atoms with Gasteiger partial charge in [0.05, 0.1) is 18.2 Å². The Kier molecular flexibility index (Phi) is 4.70. The summed E-state index contributed by atoms with van der Waals surface area (Å²) in [6, 6.07) is 8.31. The summed E-state index contributed by atoms with van der Waals surface area (Å²) in [5.74, 6) is -0.669. The molecule has 6 heteroatoms. The number of esters is 1. The van der Waals surface area contributed by atoms with E-state index in [0.29, 0.717) is 21.4 Å². The number of aromatic nitrogens is 1. The van der Waals surface area contributed by atoms with Crippen LogP contribution in [-0.2, 0) is 4.74 Å². The zero-order valence-corrected chi connectivity index (χ0v) is 13.1. The molecule has 21 heavy (non-hydrogen) atoms. The summed E-state index contributed by atoms with van der Waals surface area (Å²) < 4.78 is 5.32. The SMILES string of the molecule is COC(=O)c1ccc(NC(=O)c2ccc(Br)nc2)c(C)c1. The number of halogens is 1. The molecule has 0 aliphatic carbocycles. The van der Waals surface area contributed by atoms with Gasteiger partial charge in [-0.2, -0.15) is 0 Å². The third-order valence-electron chi connectivity index (χ3n) is 2.89. The number of aryl methyl sites for hydroxylation is 1. The number of nitrogens with zero attached hydrogens (tertiary/aromatic N) is 1. The van der Waals surface area contributed by atoms with Crippen LogP contribution in [0.1, 0.15) is 26.3 Å². The van der Waals surface area contributed by atoms with Gasteiger partial charge in [-0.3, -0.25) is 4.79 Å². The molecule has 2 rings (SSSR count). The summed E-state index contributed by atoms with van der Waals surface area (Å²) >= 11 is 3.21. The minimum Gasteiger partial charge on any atom is -0.465 e. The van der Waals surface area contributed by atoms with Gasteiger partial charge >= 0.3 is 5.97 Å². The molecule has 0 radical (unpaired) electrons. The number of hydrogen-bond acceptors (Lipinski definition) is 4. The van der Waals surface area contributed by atoms with Gasteiger partial charge in [-0.25, -0.2) is 9.78 Å². The number of carbonyl (C=O) groups excluding carboxylic acids is 2. The number of anilines is 1. The minimum atomic E-state index is -0.409. The summed E-state index contributed by atoms with van der Waals surface area (Å²) in [6.07, 6.45) is 1.48. The van der Waals surface area contributed by atoms with Gasteiger partial charge in [0.1, 0.15) is 4.60 Å². The molecule has 0 atom stereocenters. The predicted molar refractivity (Wildman–Crippen MR) is 82.4 cm³/mol. The van der Waals surface area contributed by atoms with E-state index in [1.165, 1.54) is 13.3 Å². The molecule has 0 aliphatic rings. The Morgan fingerprint density at radius 1 is 1.19 bits per heavy atom. The molecule has 5 nitrogen and oxygen atoms in total. The van der Waals surface area contributed by atoms with E-state index in [1.807, 2.05) is 6.92 Å². The van der Waals surface area contributed by atoms with Gasteiger partial charge in [0, 0.05) is 11.9 Å². The van der Waals surface area contributed by atoms with Gasteiger partial charge in [0.25, 0.3) is 5.91 Å². The van der Waals surface area contributed by atoms with Gasteiger partial charge in [-0.05, 0) is 58.7 Å². The van der Waals surface area contributed by atoms with E-state index in [0.717, 1.165) is 5.56 Å².